The van der Waals surface area contributed by atoms with Gasteiger partial charge in [0.2, 0.25) is 11.9 Å². The summed E-state index contributed by atoms with van der Waals surface area (Å²) in [5.41, 5.74) is 1.97. The summed E-state index contributed by atoms with van der Waals surface area (Å²) in [6.45, 7) is 2.77. The van der Waals surface area contributed by atoms with Crippen LogP contribution in [0.25, 0.3) is 22.4 Å². The molecule has 0 saturated carbocycles. The molecule has 1 aliphatic heterocycles. The van der Waals surface area contributed by atoms with Gasteiger partial charge in [-0.1, -0.05) is 12.1 Å². The van der Waals surface area contributed by atoms with E-state index in [2.05, 4.69) is 15.3 Å². The van der Waals surface area contributed by atoms with Crippen LogP contribution in [-0.2, 0) is 38.6 Å². The second-order valence-electron chi connectivity index (χ2n) is 7.56. The lowest BCUT2D eigenvalue weighted by Crippen LogP contribution is -2.37. The number of aryl methyl sites for hydroxylation is 1. The van der Waals surface area contributed by atoms with E-state index in [4.69, 9.17) is 4.74 Å². The first-order valence-corrected chi connectivity index (χ1v) is 10.1. The topological polar surface area (TPSA) is 118 Å². The molecule has 5 rings (SSSR count). The van der Waals surface area contributed by atoms with Crippen LogP contribution in [0.2, 0.25) is 0 Å². The smallest absolute Gasteiger partial charge is 0.332 e. The summed E-state index contributed by atoms with van der Waals surface area (Å²) in [4.78, 5) is 46.4. The van der Waals surface area contributed by atoms with Crippen molar-refractivity contribution in [2.75, 3.05) is 5.32 Å². The molecule has 3 aromatic heterocycles. The van der Waals surface area contributed by atoms with Crippen molar-refractivity contribution in [2.24, 2.45) is 14.1 Å². The zero-order chi connectivity index (χ0) is 22.6. The molecule has 1 aromatic carbocycles. The second-order valence-corrected chi connectivity index (χ2v) is 7.56. The molecule has 11 nitrogen and oxygen atoms in total. The highest BCUT2D eigenvalue weighted by Gasteiger charge is 2.25. The van der Waals surface area contributed by atoms with Crippen molar-refractivity contribution in [3.05, 3.63) is 57.1 Å². The molecule has 1 N–H and O–H groups in total. The van der Waals surface area contributed by atoms with Crippen LogP contribution >= 0.6 is 0 Å². The minimum Gasteiger partial charge on any atom is -0.487 e. The van der Waals surface area contributed by atoms with E-state index >= 15 is 0 Å². The van der Waals surface area contributed by atoms with Gasteiger partial charge in [-0.25, -0.2) is 14.8 Å². The zero-order valence-corrected chi connectivity index (χ0v) is 17.8. The Morgan fingerprint density at radius 3 is 2.75 bits per heavy atom. The molecule has 164 valence electrons. The van der Waals surface area contributed by atoms with Gasteiger partial charge in [0.15, 0.2) is 11.2 Å². The van der Waals surface area contributed by atoms with Crippen LogP contribution in [-0.4, -0.2) is 34.1 Å². The number of nitrogens with one attached hydrogen (secondary N) is 1. The van der Waals surface area contributed by atoms with Gasteiger partial charge < -0.3 is 13.9 Å². The summed E-state index contributed by atoms with van der Waals surface area (Å²) in [5, 5.41) is 2.84. The van der Waals surface area contributed by atoms with E-state index in [1.807, 2.05) is 35.8 Å². The van der Waals surface area contributed by atoms with Crippen LogP contribution in [0, 0.1) is 0 Å². The maximum Gasteiger partial charge on any atom is 0.332 e. The van der Waals surface area contributed by atoms with E-state index in [-0.39, 0.29) is 23.6 Å². The van der Waals surface area contributed by atoms with Gasteiger partial charge in [0, 0.05) is 26.2 Å². The Kier molecular flexibility index (Phi) is 4.47. The molecule has 0 atom stereocenters. The molecule has 1 aliphatic rings. The first-order chi connectivity index (χ1) is 15.4. The van der Waals surface area contributed by atoms with Gasteiger partial charge in [0.1, 0.15) is 24.6 Å². The van der Waals surface area contributed by atoms with E-state index in [1.54, 1.807) is 0 Å². The number of rotatable bonds is 4. The van der Waals surface area contributed by atoms with Crippen molar-refractivity contribution in [2.45, 2.75) is 26.6 Å². The van der Waals surface area contributed by atoms with Crippen molar-refractivity contribution < 1.29 is 9.53 Å². The number of fused-ring (bicyclic) bond motifs is 4. The average molecular weight is 435 g/mol. The molecule has 32 heavy (non-hydrogen) atoms. The van der Waals surface area contributed by atoms with Gasteiger partial charge in [0.25, 0.3) is 5.56 Å². The fraction of sp³-hybridized carbons (Fsp3) is 0.286. The summed E-state index contributed by atoms with van der Waals surface area (Å²) in [7, 11) is 2.92. The molecule has 4 aromatic rings. The quantitative estimate of drug-likeness (QED) is 0.508. The Balaban J connectivity index is 1.48. The summed E-state index contributed by atoms with van der Waals surface area (Å²) in [6, 6.07) is 7.64. The van der Waals surface area contributed by atoms with Crippen LogP contribution in [0.5, 0.6) is 5.75 Å². The first-order valence-electron chi connectivity index (χ1n) is 10.1. The summed E-state index contributed by atoms with van der Waals surface area (Å²) in [5.74, 6) is 0.795. The van der Waals surface area contributed by atoms with Crippen molar-refractivity contribution >= 4 is 23.0 Å². The lowest BCUT2D eigenvalue weighted by molar-refractivity contribution is -0.116. The van der Waals surface area contributed by atoms with Crippen molar-refractivity contribution in [1.29, 1.82) is 0 Å². The van der Waals surface area contributed by atoms with Gasteiger partial charge in [-0.15, -0.1) is 0 Å². The lowest BCUT2D eigenvalue weighted by Gasteiger charge is -2.18. The predicted octanol–water partition coefficient (Wildman–Crippen LogP) is 0.848. The number of para-hydroxylation sites is 1. The number of amides is 1. The Morgan fingerprint density at radius 1 is 1.19 bits per heavy atom. The largest absolute Gasteiger partial charge is 0.487 e. The molecule has 0 unspecified atom stereocenters. The van der Waals surface area contributed by atoms with E-state index in [0.717, 1.165) is 27.3 Å². The Labute approximate surface area is 181 Å². The number of ether oxygens (including phenoxy) is 1. The monoisotopic (exact) mass is 435 g/mol. The summed E-state index contributed by atoms with van der Waals surface area (Å²) < 4.78 is 11.4. The molecule has 4 heterocycles. The molecule has 0 spiro atoms. The van der Waals surface area contributed by atoms with Crippen molar-refractivity contribution in [1.82, 2.24) is 28.2 Å². The normalized spacial score (nSPS) is 12.3. The Hall–Kier alpha value is -4.15. The fourth-order valence-corrected chi connectivity index (χ4v) is 4.05. The third-order valence-electron chi connectivity index (χ3n) is 5.68. The Morgan fingerprint density at radius 2 is 1.97 bits per heavy atom. The second kappa shape index (κ2) is 7.22. The standard InChI is InChI=1S/C21H21N7O4/c1-4-28-13-10-32-14-8-6-5-7-12(14)16(13)24-20(28)23-15(29)9-27-11-22-18-17(27)19(30)26(3)21(31)25(18)2/h5-8,11H,4,9-10H2,1-3H3,(H,23,24,29). The van der Waals surface area contributed by atoms with E-state index < -0.39 is 11.2 Å². The molecular formula is C21H21N7O4. The molecule has 0 aliphatic carbocycles. The number of hydrogen-bond acceptors (Lipinski definition) is 6. The van der Waals surface area contributed by atoms with E-state index in [0.29, 0.717) is 19.1 Å². The van der Waals surface area contributed by atoms with Crippen LogP contribution in [0.3, 0.4) is 0 Å². The summed E-state index contributed by atoms with van der Waals surface area (Å²) >= 11 is 0. The highest BCUT2D eigenvalue weighted by Crippen LogP contribution is 2.38. The number of aromatic nitrogens is 6. The van der Waals surface area contributed by atoms with Crippen molar-refractivity contribution in [3.63, 3.8) is 0 Å². The molecule has 0 saturated heterocycles. The maximum atomic E-state index is 12.9. The van der Waals surface area contributed by atoms with Gasteiger partial charge in [-0.3, -0.25) is 24.0 Å². The van der Waals surface area contributed by atoms with Gasteiger partial charge in [-0.05, 0) is 19.1 Å². The number of imidazole rings is 2. The number of anilines is 1. The van der Waals surface area contributed by atoms with Crippen molar-refractivity contribution in [3.8, 4) is 17.0 Å². The third-order valence-corrected chi connectivity index (χ3v) is 5.68. The first kappa shape index (κ1) is 19.8. The molecule has 0 bridgehead atoms. The number of hydrogen-bond donors (Lipinski definition) is 1. The Bertz CT molecular complexity index is 1510. The minimum atomic E-state index is -0.507. The number of benzene rings is 1. The average Bonchev–Trinajstić information content (AvgIpc) is 3.37. The van der Waals surface area contributed by atoms with Gasteiger partial charge in [-0.2, -0.15) is 0 Å². The summed E-state index contributed by atoms with van der Waals surface area (Å²) in [6.07, 6.45) is 1.38. The maximum absolute atomic E-state index is 12.9. The SMILES string of the molecule is CCn1c(NC(=O)Cn2cnc3c2c(=O)n(C)c(=O)n3C)nc2c1COc1ccccc1-2. The molecule has 0 radical (unpaired) electrons. The van der Waals surface area contributed by atoms with Crippen LogP contribution in [0.4, 0.5) is 5.95 Å². The minimum absolute atomic E-state index is 0.154. The van der Waals surface area contributed by atoms with E-state index in [1.165, 1.54) is 29.6 Å². The predicted molar refractivity (Wildman–Crippen MR) is 117 cm³/mol. The molecule has 1 amide bonds. The molecule has 11 heteroatoms. The number of carbonyl (C=O) groups excluding carboxylic acids is 1. The van der Waals surface area contributed by atoms with Crippen LogP contribution in [0.1, 0.15) is 12.6 Å². The molecule has 0 fully saturated rings. The highest BCUT2D eigenvalue weighted by molar-refractivity contribution is 5.90. The fourth-order valence-electron chi connectivity index (χ4n) is 4.05. The van der Waals surface area contributed by atoms with Gasteiger partial charge in [0.05, 0.1) is 12.0 Å². The highest BCUT2D eigenvalue weighted by atomic mass is 16.5. The van der Waals surface area contributed by atoms with Gasteiger partial charge >= 0.3 is 5.69 Å². The molecular weight excluding hydrogens is 414 g/mol. The van der Waals surface area contributed by atoms with Crippen LogP contribution in [0.15, 0.2) is 40.2 Å². The lowest BCUT2D eigenvalue weighted by atomic mass is 10.1. The number of nitrogens with zero attached hydrogens (tertiary/aromatic N) is 6. The number of carbonyl (C=O) groups is 1. The van der Waals surface area contributed by atoms with Crippen LogP contribution < -0.4 is 21.3 Å². The zero-order valence-electron chi connectivity index (χ0n) is 17.8. The third kappa shape index (κ3) is 2.85. The van der Waals surface area contributed by atoms with E-state index in [9.17, 15) is 14.4 Å².